The number of ether oxygens (including phenoxy) is 1. The summed E-state index contributed by atoms with van der Waals surface area (Å²) < 4.78 is 7.56. The predicted octanol–water partition coefficient (Wildman–Crippen LogP) is 2.17. The molecule has 7 nitrogen and oxygen atoms in total. The summed E-state index contributed by atoms with van der Waals surface area (Å²) in [6.45, 7) is 4.41. The lowest BCUT2D eigenvalue weighted by atomic mass is 9.91. The van der Waals surface area contributed by atoms with Crippen molar-refractivity contribution in [1.29, 1.82) is 0 Å². The molecule has 1 atom stereocenters. The molecule has 1 aliphatic carbocycles. The first-order chi connectivity index (χ1) is 14.1. The molecule has 0 radical (unpaired) electrons. The lowest BCUT2D eigenvalue weighted by Crippen LogP contribution is -2.45. The number of hydrogen-bond donors (Lipinski definition) is 0. The number of methoxy groups -OCH3 is 1. The molecule has 1 saturated carbocycles. The summed E-state index contributed by atoms with van der Waals surface area (Å²) in [6, 6.07) is 8.02. The van der Waals surface area contributed by atoms with E-state index in [1.807, 2.05) is 12.1 Å². The zero-order chi connectivity index (χ0) is 20.0. The summed E-state index contributed by atoms with van der Waals surface area (Å²) in [4.78, 5) is 17.9. The van der Waals surface area contributed by atoms with E-state index in [0.29, 0.717) is 0 Å². The molecule has 1 aromatic heterocycles. The SMILES string of the molecule is COc1ccc(C2(C(=O)N3CCCC(c4nnc5n4CCN(C)C5)C3)CC2)cc1. The van der Waals surface area contributed by atoms with Gasteiger partial charge in [0.1, 0.15) is 17.4 Å². The van der Waals surface area contributed by atoms with Gasteiger partial charge in [0.15, 0.2) is 0 Å². The van der Waals surface area contributed by atoms with Crippen LogP contribution in [0, 0.1) is 0 Å². The number of piperidine rings is 1. The van der Waals surface area contributed by atoms with Gasteiger partial charge in [0.05, 0.1) is 19.1 Å². The Kier molecular flexibility index (Phi) is 4.57. The van der Waals surface area contributed by atoms with Crippen molar-refractivity contribution in [2.24, 2.45) is 0 Å². The first kappa shape index (κ1) is 18.6. The molecular formula is C22H29N5O2. The van der Waals surface area contributed by atoms with E-state index in [0.717, 1.165) is 81.4 Å². The average Bonchev–Trinajstić information content (AvgIpc) is 3.47. The standard InChI is InChI=1S/C22H29N5O2/c1-25-12-13-27-19(15-25)23-24-20(27)16-4-3-11-26(14-16)21(28)22(9-10-22)17-5-7-18(29-2)8-6-17/h5-8,16H,3-4,9-15H2,1-2H3. The highest BCUT2D eigenvalue weighted by Gasteiger charge is 2.53. The van der Waals surface area contributed by atoms with Crippen molar-refractivity contribution >= 4 is 5.91 Å². The molecule has 29 heavy (non-hydrogen) atoms. The summed E-state index contributed by atoms with van der Waals surface area (Å²) >= 11 is 0. The number of likely N-dealkylation sites (N-methyl/N-ethyl adjacent to an activating group) is 1. The molecule has 3 aliphatic rings. The van der Waals surface area contributed by atoms with Crippen LogP contribution in [-0.4, -0.2) is 64.3 Å². The van der Waals surface area contributed by atoms with Crippen molar-refractivity contribution < 1.29 is 9.53 Å². The Morgan fingerprint density at radius 3 is 2.66 bits per heavy atom. The van der Waals surface area contributed by atoms with E-state index in [1.54, 1.807) is 7.11 Å². The molecule has 2 aromatic rings. The Labute approximate surface area is 171 Å². The van der Waals surface area contributed by atoms with Crippen LogP contribution in [0.2, 0.25) is 0 Å². The van der Waals surface area contributed by atoms with Crippen LogP contribution >= 0.6 is 0 Å². The first-order valence-corrected chi connectivity index (χ1v) is 10.7. The molecule has 1 aromatic carbocycles. The van der Waals surface area contributed by atoms with E-state index in [-0.39, 0.29) is 17.2 Å². The lowest BCUT2D eigenvalue weighted by Gasteiger charge is -2.35. The van der Waals surface area contributed by atoms with Gasteiger partial charge in [-0.2, -0.15) is 0 Å². The van der Waals surface area contributed by atoms with Gasteiger partial charge in [-0.15, -0.1) is 10.2 Å². The number of likely N-dealkylation sites (tertiary alicyclic amines) is 1. The van der Waals surface area contributed by atoms with Crippen LogP contribution in [0.1, 0.15) is 48.8 Å². The van der Waals surface area contributed by atoms with E-state index >= 15 is 0 Å². The number of fused-ring (bicyclic) bond motifs is 1. The van der Waals surface area contributed by atoms with Crippen LogP contribution in [0.15, 0.2) is 24.3 Å². The second-order valence-electron chi connectivity index (χ2n) is 8.76. The van der Waals surface area contributed by atoms with Crippen LogP contribution in [-0.2, 0) is 23.3 Å². The summed E-state index contributed by atoms with van der Waals surface area (Å²) in [5.74, 6) is 3.51. The number of benzene rings is 1. The highest BCUT2D eigenvalue weighted by atomic mass is 16.5. The Morgan fingerprint density at radius 1 is 1.14 bits per heavy atom. The summed E-state index contributed by atoms with van der Waals surface area (Å²) in [5.41, 5.74) is 0.787. The van der Waals surface area contributed by atoms with Crippen LogP contribution in [0.25, 0.3) is 0 Å². The summed E-state index contributed by atoms with van der Waals surface area (Å²) in [5, 5.41) is 8.97. The highest BCUT2D eigenvalue weighted by molar-refractivity contribution is 5.91. The van der Waals surface area contributed by atoms with Crippen molar-refractivity contribution in [3.05, 3.63) is 41.5 Å². The Hall–Kier alpha value is -2.41. The van der Waals surface area contributed by atoms with Crippen molar-refractivity contribution in [2.45, 2.75) is 50.1 Å². The van der Waals surface area contributed by atoms with Crippen LogP contribution in [0.5, 0.6) is 5.75 Å². The molecule has 0 bridgehead atoms. The zero-order valence-corrected chi connectivity index (χ0v) is 17.3. The normalized spacial score (nSPS) is 23.5. The second-order valence-corrected chi connectivity index (χ2v) is 8.76. The monoisotopic (exact) mass is 395 g/mol. The first-order valence-electron chi connectivity index (χ1n) is 10.7. The minimum absolute atomic E-state index is 0.282. The van der Waals surface area contributed by atoms with E-state index in [1.165, 1.54) is 0 Å². The quantitative estimate of drug-likeness (QED) is 0.794. The van der Waals surface area contributed by atoms with Gasteiger partial charge in [-0.3, -0.25) is 9.69 Å². The predicted molar refractivity (Wildman–Crippen MR) is 109 cm³/mol. The minimum atomic E-state index is -0.332. The average molecular weight is 396 g/mol. The number of hydrogen-bond acceptors (Lipinski definition) is 5. The highest BCUT2D eigenvalue weighted by Crippen LogP contribution is 2.50. The fraction of sp³-hybridized carbons (Fsp3) is 0.591. The van der Waals surface area contributed by atoms with Crippen molar-refractivity contribution in [1.82, 2.24) is 24.6 Å². The van der Waals surface area contributed by atoms with Gasteiger partial charge in [-0.1, -0.05) is 12.1 Å². The molecule has 7 heteroatoms. The number of carbonyl (C=O) groups is 1. The van der Waals surface area contributed by atoms with E-state index in [2.05, 4.69) is 43.7 Å². The van der Waals surface area contributed by atoms with E-state index < -0.39 is 0 Å². The van der Waals surface area contributed by atoms with E-state index in [9.17, 15) is 4.79 Å². The van der Waals surface area contributed by atoms with Gasteiger partial charge in [0, 0.05) is 32.1 Å². The maximum Gasteiger partial charge on any atom is 0.233 e. The molecule has 1 unspecified atom stereocenters. The van der Waals surface area contributed by atoms with Gasteiger partial charge >= 0.3 is 0 Å². The fourth-order valence-electron chi connectivity index (χ4n) is 4.94. The smallest absolute Gasteiger partial charge is 0.233 e. The number of aromatic nitrogens is 3. The van der Waals surface area contributed by atoms with Crippen LogP contribution in [0.3, 0.4) is 0 Å². The lowest BCUT2D eigenvalue weighted by molar-refractivity contribution is -0.135. The summed E-state index contributed by atoms with van der Waals surface area (Å²) in [6.07, 6.45) is 3.97. The van der Waals surface area contributed by atoms with Crippen molar-refractivity contribution in [3.63, 3.8) is 0 Å². The maximum absolute atomic E-state index is 13.5. The molecular weight excluding hydrogens is 366 g/mol. The minimum Gasteiger partial charge on any atom is -0.497 e. The zero-order valence-electron chi connectivity index (χ0n) is 17.3. The number of rotatable bonds is 4. The Balaban J connectivity index is 1.34. The number of carbonyl (C=O) groups excluding carboxylic acids is 1. The molecule has 5 rings (SSSR count). The van der Waals surface area contributed by atoms with Gasteiger partial charge < -0.3 is 14.2 Å². The van der Waals surface area contributed by atoms with Crippen LogP contribution < -0.4 is 4.74 Å². The number of nitrogens with zero attached hydrogens (tertiary/aromatic N) is 5. The molecule has 154 valence electrons. The maximum atomic E-state index is 13.5. The van der Waals surface area contributed by atoms with Crippen molar-refractivity contribution in [3.8, 4) is 5.75 Å². The topological polar surface area (TPSA) is 63.5 Å². The third-order valence-corrected chi connectivity index (χ3v) is 6.85. The third-order valence-electron chi connectivity index (χ3n) is 6.85. The van der Waals surface area contributed by atoms with Crippen molar-refractivity contribution in [2.75, 3.05) is 33.8 Å². The van der Waals surface area contributed by atoms with Gasteiger partial charge in [0.2, 0.25) is 5.91 Å². The molecule has 0 N–H and O–H groups in total. The molecule has 0 spiro atoms. The third kappa shape index (κ3) is 3.21. The largest absolute Gasteiger partial charge is 0.497 e. The Morgan fingerprint density at radius 2 is 1.93 bits per heavy atom. The van der Waals surface area contributed by atoms with Gasteiger partial charge in [0.25, 0.3) is 0 Å². The molecule has 1 saturated heterocycles. The fourth-order valence-corrected chi connectivity index (χ4v) is 4.94. The molecule has 1 amide bonds. The Bertz CT molecular complexity index is 902. The van der Waals surface area contributed by atoms with E-state index in [4.69, 9.17) is 4.74 Å². The molecule has 2 aliphatic heterocycles. The van der Waals surface area contributed by atoms with Gasteiger partial charge in [-0.05, 0) is 50.4 Å². The molecule has 3 heterocycles. The van der Waals surface area contributed by atoms with Crippen LogP contribution in [0.4, 0.5) is 0 Å². The second kappa shape index (κ2) is 7.13. The number of amides is 1. The molecule has 2 fully saturated rings. The summed E-state index contributed by atoms with van der Waals surface area (Å²) in [7, 11) is 3.79. The van der Waals surface area contributed by atoms with Gasteiger partial charge in [-0.25, -0.2) is 0 Å².